The number of nitrogens with zero attached hydrogens (tertiary/aromatic N) is 3. The van der Waals surface area contributed by atoms with Crippen LogP contribution in [0.4, 0.5) is 5.82 Å². The van der Waals surface area contributed by atoms with Gasteiger partial charge in [-0.2, -0.15) is 0 Å². The van der Waals surface area contributed by atoms with Gasteiger partial charge < -0.3 is 5.32 Å². The van der Waals surface area contributed by atoms with E-state index in [0.29, 0.717) is 11.2 Å². The number of aromatic nitrogens is 2. The smallest absolute Gasteiger partial charge is 0.159 e. The maximum absolute atomic E-state index is 6.10. The van der Waals surface area contributed by atoms with Crippen LogP contribution in [0.2, 0.25) is 5.15 Å². The van der Waals surface area contributed by atoms with Crippen LogP contribution in [0.3, 0.4) is 0 Å². The topological polar surface area (TPSA) is 41.1 Å². The van der Waals surface area contributed by atoms with E-state index in [0.717, 1.165) is 23.1 Å². The van der Waals surface area contributed by atoms with Gasteiger partial charge in [-0.1, -0.05) is 42.3 Å². The second kappa shape index (κ2) is 6.58. The molecular weight excluding hydrogens is 284 g/mol. The first-order valence-electron chi connectivity index (χ1n) is 7.64. The minimum atomic E-state index is 0.459. The molecule has 21 heavy (non-hydrogen) atoms. The maximum atomic E-state index is 6.10. The van der Waals surface area contributed by atoms with E-state index in [1.807, 2.05) is 24.3 Å². The van der Waals surface area contributed by atoms with Crippen molar-refractivity contribution in [2.75, 3.05) is 25.0 Å². The number of hydrogen-bond donors (Lipinski definition) is 1. The minimum absolute atomic E-state index is 0.459. The van der Waals surface area contributed by atoms with Crippen molar-refractivity contribution in [1.29, 1.82) is 0 Å². The fourth-order valence-electron chi connectivity index (χ4n) is 2.93. The number of anilines is 1. The SMILES string of the molecule is CC(CNc1nnc(Cl)c2ccccc12)N1CCCCC1. The highest BCUT2D eigenvalue weighted by atomic mass is 35.5. The molecule has 0 amide bonds. The molecule has 112 valence electrons. The van der Waals surface area contributed by atoms with E-state index in [1.54, 1.807) is 0 Å². The molecule has 5 heteroatoms. The molecule has 1 aromatic carbocycles. The average molecular weight is 305 g/mol. The summed E-state index contributed by atoms with van der Waals surface area (Å²) in [5.41, 5.74) is 0. The third-order valence-electron chi connectivity index (χ3n) is 4.22. The van der Waals surface area contributed by atoms with Crippen LogP contribution < -0.4 is 5.32 Å². The number of rotatable bonds is 4. The van der Waals surface area contributed by atoms with Gasteiger partial charge in [-0.15, -0.1) is 10.2 Å². The number of fused-ring (bicyclic) bond motifs is 1. The minimum Gasteiger partial charge on any atom is -0.367 e. The Kier molecular flexibility index (Phi) is 4.56. The number of benzene rings is 1. The van der Waals surface area contributed by atoms with E-state index < -0.39 is 0 Å². The van der Waals surface area contributed by atoms with Gasteiger partial charge in [-0.25, -0.2) is 0 Å². The zero-order chi connectivity index (χ0) is 14.7. The van der Waals surface area contributed by atoms with Crippen LogP contribution in [0, 0.1) is 0 Å². The first-order valence-corrected chi connectivity index (χ1v) is 8.02. The predicted molar refractivity (Wildman–Crippen MR) is 87.9 cm³/mol. The summed E-state index contributed by atoms with van der Waals surface area (Å²) in [5, 5.41) is 14.1. The second-order valence-corrected chi connectivity index (χ2v) is 6.07. The maximum Gasteiger partial charge on any atom is 0.159 e. The lowest BCUT2D eigenvalue weighted by Crippen LogP contribution is -2.41. The fraction of sp³-hybridized carbons (Fsp3) is 0.500. The summed E-state index contributed by atoms with van der Waals surface area (Å²) >= 11 is 6.10. The van der Waals surface area contributed by atoms with Gasteiger partial charge in [-0.3, -0.25) is 4.90 Å². The molecule has 1 atom stereocenters. The molecule has 2 aromatic rings. The Morgan fingerprint density at radius 2 is 1.86 bits per heavy atom. The van der Waals surface area contributed by atoms with E-state index in [2.05, 4.69) is 27.3 Å². The lowest BCUT2D eigenvalue weighted by atomic mass is 10.1. The lowest BCUT2D eigenvalue weighted by molar-refractivity contribution is 0.180. The van der Waals surface area contributed by atoms with E-state index in [1.165, 1.54) is 32.4 Å². The summed E-state index contributed by atoms with van der Waals surface area (Å²) in [6, 6.07) is 8.48. The summed E-state index contributed by atoms with van der Waals surface area (Å²) in [6.07, 6.45) is 3.99. The molecule has 0 radical (unpaired) electrons. The lowest BCUT2D eigenvalue weighted by Gasteiger charge is -2.32. The molecule has 4 nitrogen and oxygen atoms in total. The number of nitrogens with one attached hydrogen (secondary N) is 1. The number of likely N-dealkylation sites (tertiary alicyclic amines) is 1. The molecule has 3 rings (SSSR count). The first-order chi connectivity index (χ1) is 10.3. The van der Waals surface area contributed by atoms with Crippen molar-refractivity contribution in [2.45, 2.75) is 32.2 Å². The van der Waals surface area contributed by atoms with Crippen molar-refractivity contribution in [3.8, 4) is 0 Å². The number of piperidine rings is 1. The molecule has 1 aliphatic heterocycles. The highest BCUT2D eigenvalue weighted by Crippen LogP contribution is 2.25. The van der Waals surface area contributed by atoms with Crippen molar-refractivity contribution in [3.05, 3.63) is 29.4 Å². The Morgan fingerprint density at radius 1 is 1.14 bits per heavy atom. The molecule has 0 saturated carbocycles. The van der Waals surface area contributed by atoms with Gasteiger partial charge >= 0.3 is 0 Å². The normalized spacial score (nSPS) is 17.8. The Labute approximate surface area is 130 Å². The van der Waals surface area contributed by atoms with Crippen LogP contribution >= 0.6 is 11.6 Å². The number of hydrogen-bond acceptors (Lipinski definition) is 4. The summed E-state index contributed by atoms with van der Waals surface area (Å²) in [7, 11) is 0. The van der Waals surface area contributed by atoms with Crippen molar-refractivity contribution in [1.82, 2.24) is 15.1 Å². The monoisotopic (exact) mass is 304 g/mol. The summed E-state index contributed by atoms with van der Waals surface area (Å²) in [4.78, 5) is 2.54. The Hall–Kier alpha value is -1.39. The quantitative estimate of drug-likeness (QED) is 0.937. The largest absolute Gasteiger partial charge is 0.367 e. The van der Waals surface area contributed by atoms with E-state index in [4.69, 9.17) is 11.6 Å². The fourth-order valence-corrected chi connectivity index (χ4v) is 3.14. The van der Waals surface area contributed by atoms with Gasteiger partial charge in [0.2, 0.25) is 0 Å². The summed E-state index contributed by atoms with van der Waals surface area (Å²) < 4.78 is 0. The standard InChI is InChI=1S/C16H21ClN4/c1-12(21-9-5-2-6-10-21)11-18-16-14-8-4-3-7-13(14)15(17)19-20-16/h3-4,7-8,12H,2,5-6,9-11H2,1H3,(H,18,20). The molecule has 0 spiro atoms. The van der Waals surface area contributed by atoms with Crippen LogP contribution in [0.25, 0.3) is 10.8 Å². The zero-order valence-electron chi connectivity index (χ0n) is 12.3. The van der Waals surface area contributed by atoms with Crippen molar-refractivity contribution in [3.63, 3.8) is 0 Å². The highest BCUT2D eigenvalue weighted by Gasteiger charge is 2.17. The van der Waals surface area contributed by atoms with Gasteiger partial charge in [0, 0.05) is 23.4 Å². The summed E-state index contributed by atoms with van der Waals surface area (Å²) in [5.74, 6) is 0.818. The van der Waals surface area contributed by atoms with E-state index in [-0.39, 0.29) is 0 Å². The molecule has 1 fully saturated rings. The average Bonchev–Trinajstić information content (AvgIpc) is 2.55. The first kappa shape index (κ1) is 14.5. The molecule has 0 aliphatic carbocycles. The van der Waals surface area contributed by atoms with Crippen LogP contribution in [-0.4, -0.2) is 40.8 Å². The zero-order valence-corrected chi connectivity index (χ0v) is 13.1. The van der Waals surface area contributed by atoms with Crippen molar-refractivity contribution < 1.29 is 0 Å². The van der Waals surface area contributed by atoms with Crippen molar-refractivity contribution >= 4 is 28.2 Å². The van der Waals surface area contributed by atoms with Crippen LogP contribution in [0.5, 0.6) is 0 Å². The Bertz CT molecular complexity index is 610. The third kappa shape index (κ3) is 3.27. The molecular formula is C16H21ClN4. The van der Waals surface area contributed by atoms with Crippen LogP contribution in [0.1, 0.15) is 26.2 Å². The predicted octanol–water partition coefficient (Wildman–Crippen LogP) is 3.57. The Morgan fingerprint density at radius 3 is 2.62 bits per heavy atom. The third-order valence-corrected chi connectivity index (χ3v) is 4.50. The van der Waals surface area contributed by atoms with E-state index in [9.17, 15) is 0 Å². The molecule has 2 heterocycles. The molecule has 1 N–H and O–H groups in total. The van der Waals surface area contributed by atoms with Gasteiger partial charge in [-0.05, 0) is 32.9 Å². The van der Waals surface area contributed by atoms with Gasteiger partial charge in [0.15, 0.2) is 11.0 Å². The van der Waals surface area contributed by atoms with Crippen LogP contribution in [-0.2, 0) is 0 Å². The van der Waals surface area contributed by atoms with Crippen LogP contribution in [0.15, 0.2) is 24.3 Å². The molecule has 1 saturated heterocycles. The molecule has 1 aliphatic rings. The van der Waals surface area contributed by atoms with Gasteiger partial charge in [0.25, 0.3) is 0 Å². The highest BCUT2D eigenvalue weighted by molar-refractivity contribution is 6.34. The molecule has 1 aromatic heterocycles. The molecule has 0 bridgehead atoms. The van der Waals surface area contributed by atoms with Gasteiger partial charge in [0.05, 0.1) is 0 Å². The van der Waals surface area contributed by atoms with Crippen molar-refractivity contribution in [2.24, 2.45) is 0 Å². The molecule has 1 unspecified atom stereocenters. The van der Waals surface area contributed by atoms with E-state index >= 15 is 0 Å². The summed E-state index contributed by atoms with van der Waals surface area (Å²) in [6.45, 7) is 5.55. The second-order valence-electron chi connectivity index (χ2n) is 5.71. The number of halogens is 1. The Balaban J connectivity index is 1.72. The van der Waals surface area contributed by atoms with Gasteiger partial charge in [0.1, 0.15) is 0 Å².